The van der Waals surface area contributed by atoms with Crippen LogP contribution in [0.5, 0.6) is 0 Å². The lowest BCUT2D eigenvalue weighted by atomic mass is 10.0. The summed E-state index contributed by atoms with van der Waals surface area (Å²) >= 11 is 5.80. The predicted octanol–water partition coefficient (Wildman–Crippen LogP) is 5.50. The summed E-state index contributed by atoms with van der Waals surface area (Å²) in [4.78, 5) is 4.30. The molecule has 126 valence electrons. The van der Waals surface area contributed by atoms with Crippen LogP contribution in [0, 0.1) is 23.0 Å². The third kappa shape index (κ3) is 2.61. The van der Waals surface area contributed by atoms with Gasteiger partial charge in [0.1, 0.15) is 12.1 Å². The molecule has 3 nitrogen and oxygen atoms in total. The molecular weight excluding hydrogens is 356 g/mol. The largest absolute Gasteiger partial charge is 0.299 e. The van der Waals surface area contributed by atoms with Gasteiger partial charge in [0.2, 0.25) is 0 Å². The molecule has 26 heavy (non-hydrogen) atoms. The number of hydrogen-bond acceptors (Lipinski definition) is 2. The van der Waals surface area contributed by atoms with Crippen LogP contribution in [0.4, 0.5) is 8.78 Å². The lowest BCUT2D eigenvalue weighted by molar-refractivity contribution is 0.590. The van der Waals surface area contributed by atoms with Crippen LogP contribution in [0.2, 0.25) is 5.02 Å². The van der Waals surface area contributed by atoms with E-state index in [1.807, 2.05) is 6.07 Å². The van der Waals surface area contributed by atoms with Crippen molar-refractivity contribution in [3.8, 4) is 22.9 Å². The lowest BCUT2D eigenvalue weighted by Gasteiger charge is -2.10. The highest BCUT2D eigenvalue weighted by atomic mass is 35.5. The van der Waals surface area contributed by atoms with Crippen molar-refractivity contribution in [2.45, 2.75) is 0 Å². The lowest BCUT2D eigenvalue weighted by Crippen LogP contribution is -1.95. The van der Waals surface area contributed by atoms with Gasteiger partial charge in [-0.3, -0.25) is 4.57 Å². The Balaban J connectivity index is 1.88. The van der Waals surface area contributed by atoms with Crippen LogP contribution >= 0.6 is 11.6 Å². The van der Waals surface area contributed by atoms with E-state index in [4.69, 9.17) is 16.9 Å². The van der Waals surface area contributed by atoms with Gasteiger partial charge in [-0.2, -0.15) is 5.26 Å². The molecule has 0 aliphatic rings. The van der Waals surface area contributed by atoms with Gasteiger partial charge in [-0.25, -0.2) is 13.8 Å². The first-order valence-electron chi connectivity index (χ1n) is 7.70. The fourth-order valence-electron chi connectivity index (χ4n) is 2.89. The van der Waals surface area contributed by atoms with E-state index in [1.165, 1.54) is 6.07 Å². The molecule has 0 spiro atoms. The number of benzene rings is 3. The number of fused-ring (bicyclic) bond motifs is 1. The van der Waals surface area contributed by atoms with Crippen LogP contribution < -0.4 is 0 Å². The predicted molar refractivity (Wildman–Crippen MR) is 96.1 cm³/mol. The Morgan fingerprint density at radius 3 is 2.69 bits per heavy atom. The average Bonchev–Trinajstić information content (AvgIpc) is 3.08. The summed E-state index contributed by atoms with van der Waals surface area (Å²) in [5, 5.41) is 8.86. The van der Waals surface area contributed by atoms with Gasteiger partial charge < -0.3 is 0 Å². The van der Waals surface area contributed by atoms with Crippen LogP contribution in [-0.2, 0) is 0 Å². The summed E-state index contributed by atoms with van der Waals surface area (Å²) in [6.07, 6.45) is 1.61. The molecule has 3 aromatic carbocycles. The molecule has 6 heteroatoms. The topological polar surface area (TPSA) is 41.6 Å². The maximum Gasteiger partial charge on any atom is 0.152 e. The highest BCUT2D eigenvalue weighted by Crippen LogP contribution is 2.32. The van der Waals surface area contributed by atoms with E-state index in [-0.39, 0.29) is 10.6 Å². The zero-order chi connectivity index (χ0) is 18.3. The van der Waals surface area contributed by atoms with Crippen molar-refractivity contribution in [3.05, 3.63) is 83.1 Å². The Kier molecular flexibility index (Phi) is 3.90. The molecule has 1 aromatic heterocycles. The number of aromatic nitrogens is 2. The molecule has 4 aromatic rings. The molecule has 0 radical (unpaired) electrons. The highest BCUT2D eigenvalue weighted by Gasteiger charge is 2.15. The van der Waals surface area contributed by atoms with E-state index in [2.05, 4.69) is 11.1 Å². The second-order valence-electron chi connectivity index (χ2n) is 5.70. The zero-order valence-corrected chi connectivity index (χ0v) is 14.0. The quantitative estimate of drug-likeness (QED) is 0.440. The van der Waals surface area contributed by atoms with Crippen LogP contribution in [0.15, 0.2) is 60.9 Å². The highest BCUT2D eigenvalue weighted by molar-refractivity contribution is 6.31. The van der Waals surface area contributed by atoms with Crippen LogP contribution in [-0.4, -0.2) is 9.55 Å². The molecule has 0 atom stereocenters. The number of hydrogen-bond donors (Lipinski definition) is 0. The minimum atomic E-state index is -0.794. The number of imidazole rings is 1. The Hall–Kier alpha value is -3.23. The summed E-state index contributed by atoms with van der Waals surface area (Å²) in [6, 6.07) is 16.4. The van der Waals surface area contributed by atoms with Gasteiger partial charge in [0.05, 0.1) is 33.3 Å². The number of nitrogens with zero attached hydrogens (tertiary/aromatic N) is 3. The molecule has 0 fully saturated rings. The number of rotatable bonds is 2. The van der Waals surface area contributed by atoms with E-state index in [0.717, 1.165) is 11.6 Å². The summed E-state index contributed by atoms with van der Waals surface area (Å²) in [5.74, 6) is -1.48. The smallest absolute Gasteiger partial charge is 0.152 e. The van der Waals surface area contributed by atoms with Crippen molar-refractivity contribution >= 4 is 22.6 Å². The van der Waals surface area contributed by atoms with Crippen molar-refractivity contribution in [1.29, 1.82) is 5.26 Å². The van der Waals surface area contributed by atoms with Crippen LogP contribution in [0.25, 0.3) is 27.8 Å². The molecule has 0 unspecified atom stereocenters. The molecule has 1 heterocycles. The first kappa shape index (κ1) is 16.2. The average molecular weight is 366 g/mol. The maximum absolute atomic E-state index is 14.3. The molecule has 0 amide bonds. The van der Waals surface area contributed by atoms with E-state index in [9.17, 15) is 8.78 Å². The van der Waals surface area contributed by atoms with Gasteiger partial charge >= 0.3 is 0 Å². The minimum absolute atomic E-state index is 0.135. The van der Waals surface area contributed by atoms with Gasteiger partial charge in [0.15, 0.2) is 5.82 Å². The fraction of sp³-hybridized carbons (Fsp3) is 0. The van der Waals surface area contributed by atoms with Crippen molar-refractivity contribution in [1.82, 2.24) is 9.55 Å². The van der Waals surface area contributed by atoms with Crippen LogP contribution in [0.1, 0.15) is 5.56 Å². The van der Waals surface area contributed by atoms with E-state index in [0.29, 0.717) is 22.3 Å². The Labute approximate surface area is 152 Å². The van der Waals surface area contributed by atoms with Crippen molar-refractivity contribution in [2.24, 2.45) is 0 Å². The Morgan fingerprint density at radius 1 is 1.04 bits per heavy atom. The fourth-order valence-corrected chi connectivity index (χ4v) is 3.05. The van der Waals surface area contributed by atoms with Crippen molar-refractivity contribution < 1.29 is 8.78 Å². The van der Waals surface area contributed by atoms with E-state index < -0.39 is 11.6 Å². The van der Waals surface area contributed by atoms with Crippen LogP contribution in [0.3, 0.4) is 0 Å². The molecule has 0 N–H and O–H groups in total. The number of halogens is 3. The summed E-state index contributed by atoms with van der Waals surface area (Å²) in [5.41, 5.74) is 2.85. The Bertz CT molecular complexity index is 1190. The van der Waals surface area contributed by atoms with E-state index >= 15 is 0 Å². The summed E-state index contributed by atoms with van der Waals surface area (Å²) in [6.45, 7) is 0. The minimum Gasteiger partial charge on any atom is -0.299 e. The van der Waals surface area contributed by atoms with Gasteiger partial charge in [-0.05, 0) is 48.0 Å². The third-order valence-electron chi connectivity index (χ3n) is 4.13. The molecule has 0 saturated heterocycles. The standard InChI is InChI=1S/C20H10ClF2N3/c21-15-5-6-16(22)19(20(15)23)13-2-1-3-14(9-13)26-11-25-17-8-12(10-24)4-7-18(17)26/h1-9,11H. The van der Waals surface area contributed by atoms with Gasteiger partial charge in [0.25, 0.3) is 0 Å². The first-order chi connectivity index (χ1) is 12.6. The normalized spacial score (nSPS) is 10.8. The molecule has 0 bridgehead atoms. The zero-order valence-electron chi connectivity index (χ0n) is 13.2. The first-order valence-corrected chi connectivity index (χ1v) is 8.08. The molecule has 0 saturated carbocycles. The van der Waals surface area contributed by atoms with E-state index in [1.54, 1.807) is 47.3 Å². The second-order valence-corrected chi connectivity index (χ2v) is 6.11. The number of nitriles is 1. The Morgan fingerprint density at radius 2 is 1.88 bits per heavy atom. The molecule has 4 rings (SSSR count). The molecule has 0 aliphatic heterocycles. The molecular formula is C20H10ClF2N3. The summed E-state index contributed by atoms with van der Waals surface area (Å²) in [7, 11) is 0. The summed E-state index contributed by atoms with van der Waals surface area (Å²) < 4.78 is 30.3. The maximum atomic E-state index is 14.3. The molecule has 0 aliphatic carbocycles. The van der Waals surface area contributed by atoms with Crippen molar-refractivity contribution in [3.63, 3.8) is 0 Å². The monoisotopic (exact) mass is 365 g/mol. The second kappa shape index (κ2) is 6.25. The SMILES string of the molecule is N#Cc1ccc2c(c1)ncn2-c1cccc(-c2c(F)ccc(Cl)c2F)c1. The van der Waals surface area contributed by atoms with Gasteiger partial charge in [-0.15, -0.1) is 0 Å². The third-order valence-corrected chi connectivity index (χ3v) is 4.43. The van der Waals surface area contributed by atoms with Gasteiger partial charge in [0, 0.05) is 5.69 Å². The van der Waals surface area contributed by atoms with Gasteiger partial charge in [-0.1, -0.05) is 23.7 Å². The van der Waals surface area contributed by atoms with Crippen molar-refractivity contribution in [2.75, 3.05) is 0 Å².